The van der Waals surface area contributed by atoms with Gasteiger partial charge in [-0.3, -0.25) is 4.57 Å². The van der Waals surface area contributed by atoms with Crippen molar-refractivity contribution in [2.45, 2.75) is 40.5 Å². The van der Waals surface area contributed by atoms with E-state index in [1.165, 1.54) is 22.3 Å². The lowest BCUT2D eigenvalue weighted by atomic mass is 9.89. The van der Waals surface area contributed by atoms with Crippen LogP contribution in [0, 0.1) is 5.41 Å². The molecule has 26 heavy (non-hydrogen) atoms. The largest absolute Gasteiger partial charge is 0.461 e. The highest BCUT2D eigenvalue weighted by Crippen LogP contribution is 2.31. The standard InChI is InChI=1S/C20H23ClN2O2S/c1-5-25-18(24)16-12-26-19(22-16)23-11-13(8-9-20(2,3)4)15-7-6-14(21)10-17(15)23/h6-7,10-12H,5,8-9H2,1-4H3. The minimum atomic E-state index is -0.391. The van der Waals surface area contributed by atoms with Gasteiger partial charge in [-0.15, -0.1) is 11.3 Å². The molecule has 0 N–H and O–H groups in total. The Morgan fingerprint density at radius 1 is 1.35 bits per heavy atom. The first-order valence-electron chi connectivity index (χ1n) is 8.71. The van der Waals surface area contributed by atoms with Crippen molar-refractivity contribution in [1.29, 1.82) is 0 Å². The smallest absolute Gasteiger partial charge is 0.357 e. The maximum Gasteiger partial charge on any atom is 0.357 e. The summed E-state index contributed by atoms with van der Waals surface area (Å²) in [7, 11) is 0. The number of aryl methyl sites for hydroxylation is 1. The van der Waals surface area contributed by atoms with Gasteiger partial charge in [0.15, 0.2) is 10.8 Å². The lowest BCUT2D eigenvalue weighted by Gasteiger charge is -2.17. The Hall–Kier alpha value is -1.85. The lowest BCUT2D eigenvalue weighted by Crippen LogP contribution is -2.06. The van der Waals surface area contributed by atoms with Crippen LogP contribution in [0.4, 0.5) is 0 Å². The van der Waals surface area contributed by atoms with Crippen LogP contribution >= 0.6 is 22.9 Å². The van der Waals surface area contributed by atoms with Gasteiger partial charge in [0.25, 0.3) is 0 Å². The predicted octanol–water partition coefficient (Wildman–Crippen LogP) is 5.90. The Kier molecular flexibility index (Phi) is 5.39. The number of rotatable bonds is 5. The summed E-state index contributed by atoms with van der Waals surface area (Å²) in [5.74, 6) is -0.391. The molecule has 0 atom stereocenters. The van der Waals surface area contributed by atoms with Gasteiger partial charge in [0.2, 0.25) is 0 Å². The van der Waals surface area contributed by atoms with Gasteiger partial charge in [-0.05, 0) is 42.9 Å². The fourth-order valence-corrected chi connectivity index (χ4v) is 3.76. The number of thiazole rings is 1. The van der Waals surface area contributed by atoms with E-state index in [1.54, 1.807) is 12.3 Å². The summed E-state index contributed by atoms with van der Waals surface area (Å²) in [6, 6.07) is 5.93. The monoisotopic (exact) mass is 390 g/mol. The van der Waals surface area contributed by atoms with E-state index >= 15 is 0 Å². The minimum absolute atomic E-state index is 0.263. The quantitative estimate of drug-likeness (QED) is 0.509. The van der Waals surface area contributed by atoms with Crippen molar-refractivity contribution >= 4 is 39.8 Å². The Bertz CT molecular complexity index is 937. The molecular weight excluding hydrogens is 368 g/mol. The fraction of sp³-hybridized carbons (Fsp3) is 0.400. The van der Waals surface area contributed by atoms with E-state index in [2.05, 4.69) is 38.0 Å². The second kappa shape index (κ2) is 7.41. The summed E-state index contributed by atoms with van der Waals surface area (Å²) in [4.78, 5) is 16.4. The van der Waals surface area contributed by atoms with Crippen molar-refractivity contribution in [3.8, 4) is 5.13 Å². The molecule has 3 aromatic rings. The number of hydrogen-bond acceptors (Lipinski definition) is 4. The zero-order valence-corrected chi connectivity index (χ0v) is 17.1. The molecule has 0 unspecified atom stereocenters. The van der Waals surface area contributed by atoms with Crippen LogP contribution in [-0.2, 0) is 11.2 Å². The van der Waals surface area contributed by atoms with Gasteiger partial charge in [-0.2, -0.15) is 0 Å². The number of ether oxygens (including phenoxy) is 1. The number of fused-ring (bicyclic) bond motifs is 1. The van der Waals surface area contributed by atoms with Crippen LogP contribution in [0.15, 0.2) is 29.8 Å². The zero-order valence-electron chi connectivity index (χ0n) is 15.5. The first-order chi connectivity index (χ1) is 12.3. The highest BCUT2D eigenvalue weighted by atomic mass is 35.5. The predicted molar refractivity (Wildman–Crippen MR) is 108 cm³/mol. The molecule has 0 saturated heterocycles. The number of carbonyl (C=O) groups is 1. The van der Waals surface area contributed by atoms with Crippen LogP contribution in [0.25, 0.3) is 16.0 Å². The Morgan fingerprint density at radius 2 is 2.12 bits per heavy atom. The molecular formula is C20H23ClN2O2S. The van der Waals surface area contributed by atoms with Gasteiger partial charge in [-0.25, -0.2) is 9.78 Å². The average Bonchev–Trinajstić information content (AvgIpc) is 3.16. The zero-order chi connectivity index (χ0) is 18.9. The molecule has 4 nitrogen and oxygen atoms in total. The van der Waals surface area contributed by atoms with Gasteiger partial charge in [0.1, 0.15) is 0 Å². The van der Waals surface area contributed by atoms with E-state index in [1.807, 2.05) is 16.7 Å². The van der Waals surface area contributed by atoms with Crippen LogP contribution in [0.3, 0.4) is 0 Å². The minimum Gasteiger partial charge on any atom is -0.461 e. The normalized spacial score (nSPS) is 11.9. The molecule has 2 heterocycles. The van der Waals surface area contributed by atoms with Crippen LogP contribution < -0.4 is 0 Å². The highest BCUT2D eigenvalue weighted by Gasteiger charge is 2.18. The topological polar surface area (TPSA) is 44.1 Å². The summed E-state index contributed by atoms with van der Waals surface area (Å²) in [5.41, 5.74) is 2.87. The summed E-state index contributed by atoms with van der Waals surface area (Å²) < 4.78 is 7.06. The summed E-state index contributed by atoms with van der Waals surface area (Å²) in [6.45, 7) is 8.86. The van der Waals surface area contributed by atoms with Gasteiger partial charge >= 0.3 is 5.97 Å². The van der Waals surface area contributed by atoms with E-state index in [0.717, 1.165) is 23.5 Å². The van der Waals surface area contributed by atoms with Crippen LogP contribution in [0.2, 0.25) is 5.02 Å². The van der Waals surface area contributed by atoms with Gasteiger partial charge in [-0.1, -0.05) is 38.4 Å². The molecule has 3 rings (SSSR count). The van der Waals surface area contributed by atoms with E-state index in [0.29, 0.717) is 17.3 Å². The maximum atomic E-state index is 11.9. The first-order valence-corrected chi connectivity index (χ1v) is 9.97. The molecule has 0 spiro atoms. The third-order valence-electron chi connectivity index (χ3n) is 4.18. The highest BCUT2D eigenvalue weighted by molar-refractivity contribution is 7.12. The van der Waals surface area contributed by atoms with Gasteiger partial charge in [0.05, 0.1) is 12.1 Å². The van der Waals surface area contributed by atoms with Crippen LogP contribution in [-0.4, -0.2) is 22.1 Å². The summed E-state index contributed by atoms with van der Waals surface area (Å²) in [6.07, 6.45) is 4.17. The molecule has 0 aliphatic heterocycles. The summed E-state index contributed by atoms with van der Waals surface area (Å²) >= 11 is 7.65. The average molecular weight is 391 g/mol. The third kappa shape index (κ3) is 4.10. The molecule has 0 amide bonds. The second-order valence-electron chi connectivity index (χ2n) is 7.48. The molecule has 6 heteroatoms. The number of esters is 1. The Balaban J connectivity index is 2.03. The number of nitrogens with zero attached hydrogens (tertiary/aromatic N) is 2. The third-order valence-corrected chi connectivity index (χ3v) is 5.25. The van der Waals surface area contributed by atoms with E-state index in [-0.39, 0.29) is 5.41 Å². The number of aromatic nitrogens is 2. The molecule has 0 aliphatic rings. The van der Waals surface area contributed by atoms with E-state index in [4.69, 9.17) is 16.3 Å². The Labute approximate surface area is 162 Å². The Morgan fingerprint density at radius 3 is 2.81 bits per heavy atom. The van der Waals surface area contributed by atoms with E-state index in [9.17, 15) is 4.79 Å². The molecule has 0 aliphatic carbocycles. The molecule has 1 aromatic carbocycles. The molecule has 0 bridgehead atoms. The second-order valence-corrected chi connectivity index (χ2v) is 8.76. The molecule has 0 fully saturated rings. The molecule has 138 valence electrons. The molecule has 0 saturated carbocycles. The van der Waals surface area contributed by atoms with E-state index < -0.39 is 5.97 Å². The van der Waals surface area contributed by atoms with Gasteiger partial charge in [0, 0.05) is 22.0 Å². The van der Waals surface area contributed by atoms with Crippen molar-refractivity contribution in [2.24, 2.45) is 5.41 Å². The van der Waals surface area contributed by atoms with Crippen molar-refractivity contribution in [3.63, 3.8) is 0 Å². The number of halogens is 1. The van der Waals surface area contributed by atoms with Crippen LogP contribution in [0.1, 0.15) is 50.2 Å². The number of carbonyl (C=O) groups excluding carboxylic acids is 1. The number of hydrogen-bond donors (Lipinski definition) is 0. The molecule has 0 radical (unpaired) electrons. The SMILES string of the molecule is CCOC(=O)c1csc(-n2cc(CCC(C)(C)C)c3ccc(Cl)cc32)n1. The first kappa shape index (κ1) is 18.9. The van der Waals surface area contributed by atoms with Crippen molar-refractivity contribution in [3.05, 3.63) is 46.1 Å². The number of benzene rings is 1. The van der Waals surface area contributed by atoms with Gasteiger partial charge < -0.3 is 4.74 Å². The fourth-order valence-electron chi connectivity index (χ4n) is 2.81. The lowest BCUT2D eigenvalue weighted by molar-refractivity contribution is 0.0520. The maximum absolute atomic E-state index is 11.9. The molecule has 2 aromatic heterocycles. The summed E-state index contributed by atoms with van der Waals surface area (Å²) in [5, 5.41) is 4.33. The van der Waals surface area contributed by atoms with Crippen LogP contribution in [0.5, 0.6) is 0 Å². The van der Waals surface area contributed by atoms with Crippen molar-refractivity contribution < 1.29 is 9.53 Å². The van der Waals surface area contributed by atoms with Crippen molar-refractivity contribution in [2.75, 3.05) is 6.61 Å². The van der Waals surface area contributed by atoms with Crippen molar-refractivity contribution in [1.82, 2.24) is 9.55 Å².